The number of benzene rings is 1. The van der Waals surface area contributed by atoms with Gasteiger partial charge in [-0.25, -0.2) is 0 Å². The van der Waals surface area contributed by atoms with Crippen molar-refractivity contribution in [2.75, 3.05) is 0 Å². The summed E-state index contributed by atoms with van der Waals surface area (Å²) >= 11 is 10.6. The van der Waals surface area contributed by atoms with Gasteiger partial charge in [-0.1, -0.05) is 15.9 Å². The standard InChI is InChI=1S/C10H6Br3N/c1-5-4-8(13)9-6(11)2-3-7(12)10(9)14-5/h2-4H,1H3. The second-order valence-electron chi connectivity index (χ2n) is 3.00. The lowest BCUT2D eigenvalue weighted by atomic mass is 10.2. The van der Waals surface area contributed by atoms with Gasteiger partial charge in [-0.2, -0.15) is 0 Å². The molecule has 1 aromatic heterocycles. The normalized spacial score (nSPS) is 10.9. The van der Waals surface area contributed by atoms with Crippen molar-refractivity contribution in [2.24, 2.45) is 0 Å². The van der Waals surface area contributed by atoms with Crippen molar-refractivity contribution < 1.29 is 0 Å². The van der Waals surface area contributed by atoms with Crippen LogP contribution in [0.5, 0.6) is 0 Å². The minimum absolute atomic E-state index is 0.978. The smallest absolute Gasteiger partial charge is 0.0869 e. The minimum Gasteiger partial charge on any atom is -0.252 e. The van der Waals surface area contributed by atoms with Crippen molar-refractivity contribution in [3.05, 3.63) is 37.3 Å². The molecular formula is C10H6Br3N. The Bertz CT molecular complexity index is 508. The number of rotatable bonds is 0. The van der Waals surface area contributed by atoms with Crippen LogP contribution in [0.1, 0.15) is 5.69 Å². The van der Waals surface area contributed by atoms with Crippen LogP contribution >= 0.6 is 47.8 Å². The molecule has 0 amide bonds. The fourth-order valence-corrected chi connectivity index (χ4v) is 3.29. The average molecular weight is 380 g/mol. The molecular weight excluding hydrogens is 374 g/mol. The number of pyridine rings is 1. The summed E-state index contributed by atoms with van der Waals surface area (Å²) < 4.78 is 3.13. The quantitative estimate of drug-likeness (QED) is 0.638. The molecule has 1 aromatic carbocycles. The molecule has 2 aromatic rings. The molecule has 1 nitrogen and oxygen atoms in total. The predicted octanol–water partition coefficient (Wildman–Crippen LogP) is 4.83. The Balaban J connectivity index is 3.00. The molecule has 0 atom stereocenters. The van der Waals surface area contributed by atoms with E-state index in [1.54, 1.807) is 0 Å². The van der Waals surface area contributed by atoms with E-state index in [-0.39, 0.29) is 0 Å². The SMILES string of the molecule is Cc1cc(Br)c2c(Br)ccc(Br)c2n1. The van der Waals surface area contributed by atoms with Crippen LogP contribution in [0.4, 0.5) is 0 Å². The molecule has 0 fully saturated rings. The molecule has 0 aliphatic rings. The summed E-state index contributed by atoms with van der Waals surface area (Å²) in [7, 11) is 0. The summed E-state index contributed by atoms with van der Waals surface area (Å²) in [5.74, 6) is 0. The van der Waals surface area contributed by atoms with E-state index in [4.69, 9.17) is 0 Å². The molecule has 0 aliphatic carbocycles. The molecule has 0 spiro atoms. The Labute approximate surface area is 107 Å². The molecule has 0 unspecified atom stereocenters. The number of halogens is 3. The molecule has 72 valence electrons. The third-order valence-electron chi connectivity index (χ3n) is 1.94. The Morgan fingerprint density at radius 2 is 1.64 bits per heavy atom. The minimum atomic E-state index is 0.978. The highest BCUT2D eigenvalue weighted by atomic mass is 79.9. The second-order valence-corrected chi connectivity index (χ2v) is 5.56. The summed E-state index contributed by atoms with van der Waals surface area (Å²) in [5.41, 5.74) is 1.98. The average Bonchev–Trinajstić information content (AvgIpc) is 2.10. The first-order valence-electron chi connectivity index (χ1n) is 4.00. The molecule has 0 bridgehead atoms. The highest BCUT2D eigenvalue weighted by molar-refractivity contribution is 9.11. The highest BCUT2D eigenvalue weighted by Crippen LogP contribution is 2.34. The Hall–Kier alpha value is 0.0700. The largest absolute Gasteiger partial charge is 0.252 e. The fraction of sp³-hybridized carbons (Fsp3) is 0.100. The van der Waals surface area contributed by atoms with E-state index in [0.29, 0.717) is 0 Å². The van der Waals surface area contributed by atoms with Crippen LogP contribution in [0, 0.1) is 6.92 Å². The van der Waals surface area contributed by atoms with E-state index in [1.807, 2.05) is 25.1 Å². The van der Waals surface area contributed by atoms with Gasteiger partial charge in [0, 0.05) is 24.5 Å². The van der Waals surface area contributed by atoms with Crippen molar-refractivity contribution in [1.29, 1.82) is 0 Å². The predicted molar refractivity (Wildman–Crippen MR) is 69.6 cm³/mol. The molecule has 4 heteroatoms. The van der Waals surface area contributed by atoms with E-state index >= 15 is 0 Å². The van der Waals surface area contributed by atoms with Crippen molar-refractivity contribution in [1.82, 2.24) is 4.98 Å². The Morgan fingerprint density at radius 1 is 1.00 bits per heavy atom. The van der Waals surface area contributed by atoms with Crippen LogP contribution in [0.15, 0.2) is 31.6 Å². The lowest BCUT2D eigenvalue weighted by Gasteiger charge is -2.06. The van der Waals surface area contributed by atoms with Crippen molar-refractivity contribution in [3.8, 4) is 0 Å². The van der Waals surface area contributed by atoms with Gasteiger partial charge >= 0.3 is 0 Å². The summed E-state index contributed by atoms with van der Waals surface area (Å²) in [6, 6.07) is 6.01. The van der Waals surface area contributed by atoms with E-state index in [9.17, 15) is 0 Å². The van der Waals surface area contributed by atoms with Gasteiger partial charge in [0.1, 0.15) is 0 Å². The topological polar surface area (TPSA) is 12.9 Å². The molecule has 1 heterocycles. The first-order chi connectivity index (χ1) is 6.59. The molecule has 2 rings (SSSR count). The van der Waals surface area contributed by atoms with Gasteiger partial charge < -0.3 is 0 Å². The van der Waals surface area contributed by atoms with Crippen LogP contribution in [-0.4, -0.2) is 4.98 Å². The van der Waals surface area contributed by atoms with Gasteiger partial charge in [0.2, 0.25) is 0 Å². The first-order valence-corrected chi connectivity index (χ1v) is 6.38. The molecule has 0 aliphatic heterocycles. The first kappa shape index (κ1) is 10.6. The van der Waals surface area contributed by atoms with Gasteiger partial charge in [0.15, 0.2) is 0 Å². The van der Waals surface area contributed by atoms with Crippen LogP contribution in [0.3, 0.4) is 0 Å². The maximum atomic E-state index is 4.49. The number of hydrogen-bond donors (Lipinski definition) is 0. The third-order valence-corrected chi connectivity index (χ3v) is 3.87. The van der Waals surface area contributed by atoms with Gasteiger partial charge in [0.25, 0.3) is 0 Å². The maximum absolute atomic E-state index is 4.49. The second kappa shape index (κ2) is 3.91. The lowest BCUT2D eigenvalue weighted by Crippen LogP contribution is -1.87. The van der Waals surface area contributed by atoms with Crippen LogP contribution < -0.4 is 0 Å². The van der Waals surface area contributed by atoms with Crippen LogP contribution in [0.2, 0.25) is 0 Å². The molecule has 0 saturated heterocycles. The number of aromatic nitrogens is 1. The Kier molecular flexibility index (Phi) is 2.96. The molecule has 0 saturated carbocycles. The maximum Gasteiger partial charge on any atom is 0.0869 e. The summed E-state index contributed by atoms with van der Waals surface area (Å²) in [6.45, 7) is 1.98. The molecule has 14 heavy (non-hydrogen) atoms. The number of aryl methyl sites for hydroxylation is 1. The van der Waals surface area contributed by atoms with Crippen molar-refractivity contribution in [3.63, 3.8) is 0 Å². The molecule has 0 N–H and O–H groups in total. The van der Waals surface area contributed by atoms with E-state index < -0.39 is 0 Å². The number of nitrogens with zero attached hydrogens (tertiary/aromatic N) is 1. The number of hydrogen-bond acceptors (Lipinski definition) is 1. The van der Waals surface area contributed by atoms with Crippen LogP contribution in [-0.2, 0) is 0 Å². The van der Waals surface area contributed by atoms with Gasteiger partial charge in [-0.05, 0) is 57.0 Å². The van der Waals surface area contributed by atoms with E-state index in [1.165, 1.54) is 0 Å². The lowest BCUT2D eigenvalue weighted by molar-refractivity contribution is 1.24. The van der Waals surface area contributed by atoms with Crippen molar-refractivity contribution >= 4 is 58.7 Å². The van der Waals surface area contributed by atoms with Crippen molar-refractivity contribution in [2.45, 2.75) is 6.92 Å². The monoisotopic (exact) mass is 377 g/mol. The number of fused-ring (bicyclic) bond motifs is 1. The summed E-state index contributed by atoms with van der Waals surface area (Å²) in [6.07, 6.45) is 0. The fourth-order valence-electron chi connectivity index (χ4n) is 1.34. The summed E-state index contributed by atoms with van der Waals surface area (Å²) in [4.78, 5) is 4.49. The zero-order valence-electron chi connectivity index (χ0n) is 7.31. The summed E-state index contributed by atoms with van der Waals surface area (Å²) in [5, 5.41) is 1.10. The van der Waals surface area contributed by atoms with E-state index in [0.717, 1.165) is 30.0 Å². The molecule has 0 radical (unpaired) electrons. The Morgan fingerprint density at radius 3 is 2.36 bits per heavy atom. The highest BCUT2D eigenvalue weighted by Gasteiger charge is 2.08. The van der Waals surface area contributed by atoms with Crippen LogP contribution in [0.25, 0.3) is 10.9 Å². The van der Waals surface area contributed by atoms with E-state index in [2.05, 4.69) is 52.8 Å². The zero-order chi connectivity index (χ0) is 10.3. The third kappa shape index (κ3) is 1.75. The van der Waals surface area contributed by atoms with Gasteiger partial charge in [-0.15, -0.1) is 0 Å². The zero-order valence-corrected chi connectivity index (χ0v) is 12.1. The van der Waals surface area contributed by atoms with Gasteiger partial charge in [-0.3, -0.25) is 4.98 Å². The van der Waals surface area contributed by atoms with Gasteiger partial charge in [0.05, 0.1) is 5.52 Å².